The van der Waals surface area contributed by atoms with Gasteiger partial charge in [0.15, 0.2) is 5.65 Å². The molecule has 1 spiro atoms. The number of rotatable bonds is 2. The maximum Gasteiger partial charge on any atom is 0.181 e. The molecular formula is C20H20Cl2FN5O. The average Bonchev–Trinajstić information content (AvgIpc) is 3.30. The maximum absolute atomic E-state index is 13.6. The largest absolute Gasteiger partial charge is 0.378 e. The minimum absolute atomic E-state index is 0.0943. The van der Waals surface area contributed by atoms with Crippen molar-refractivity contribution in [3.63, 3.8) is 0 Å². The third-order valence-electron chi connectivity index (χ3n) is 6.05. The lowest BCUT2D eigenvalue weighted by atomic mass is 9.77. The van der Waals surface area contributed by atoms with Gasteiger partial charge < -0.3 is 9.64 Å². The third-order valence-corrected chi connectivity index (χ3v) is 6.90. The molecule has 0 N–H and O–H groups in total. The molecule has 4 heterocycles. The minimum Gasteiger partial charge on any atom is -0.378 e. The van der Waals surface area contributed by atoms with Crippen molar-refractivity contribution < 1.29 is 9.13 Å². The van der Waals surface area contributed by atoms with Gasteiger partial charge in [-0.15, -0.1) is 0 Å². The zero-order valence-corrected chi connectivity index (χ0v) is 17.4. The van der Waals surface area contributed by atoms with Gasteiger partial charge in [-0.3, -0.25) is 0 Å². The Kier molecular flexibility index (Phi) is 4.64. The van der Waals surface area contributed by atoms with E-state index in [-0.39, 0.29) is 10.0 Å². The summed E-state index contributed by atoms with van der Waals surface area (Å²) in [4.78, 5) is 11.6. The highest BCUT2D eigenvalue weighted by Gasteiger charge is 2.41. The quantitative estimate of drug-likeness (QED) is 0.548. The van der Waals surface area contributed by atoms with Crippen LogP contribution in [0.3, 0.4) is 0 Å². The molecule has 0 aliphatic carbocycles. The molecule has 0 radical (unpaired) electrons. The first-order chi connectivity index (χ1) is 14.0. The Morgan fingerprint density at radius 1 is 1.17 bits per heavy atom. The fourth-order valence-corrected chi connectivity index (χ4v) is 4.81. The van der Waals surface area contributed by atoms with Crippen LogP contribution < -0.4 is 4.90 Å². The molecule has 1 atom stereocenters. The number of benzene rings is 1. The highest BCUT2D eigenvalue weighted by Crippen LogP contribution is 2.42. The average molecular weight is 436 g/mol. The molecule has 2 aromatic heterocycles. The predicted octanol–water partition coefficient (Wildman–Crippen LogP) is 4.66. The highest BCUT2D eigenvalue weighted by molar-refractivity contribution is 6.43. The summed E-state index contributed by atoms with van der Waals surface area (Å²) >= 11 is 12.2. The number of piperidine rings is 1. The van der Waals surface area contributed by atoms with E-state index >= 15 is 0 Å². The van der Waals surface area contributed by atoms with Crippen LogP contribution in [0, 0.1) is 11.2 Å². The van der Waals surface area contributed by atoms with Crippen LogP contribution in [-0.4, -0.2) is 45.5 Å². The zero-order chi connectivity index (χ0) is 20.2. The van der Waals surface area contributed by atoms with Gasteiger partial charge in [0.05, 0.1) is 40.8 Å². The van der Waals surface area contributed by atoms with Crippen molar-refractivity contribution in [2.24, 2.45) is 5.41 Å². The summed E-state index contributed by atoms with van der Waals surface area (Å²) < 4.78 is 21.0. The Morgan fingerprint density at radius 3 is 2.69 bits per heavy atom. The minimum atomic E-state index is -0.574. The molecule has 2 saturated heterocycles. The molecule has 6 nitrogen and oxygen atoms in total. The number of nitrogens with zero attached hydrogens (tertiary/aromatic N) is 5. The molecule has 29 heavy (non-hydrogen) atoms. The molecule has 0 amide bonds. The first-order valence-corrected chi connectivity index (χ1v) is 10.4. The van der Waals surface area contributed by atoms with Gasteiger partial charge in [0.25, 0.3) is 0 Å². The number of aromatic nitrogens is 4. The molecule has 2 aliphatic heterocycles. The lowest BCUT2D eigenvalue weighted by Gasteiger charge is -2.38. The Balaban J connectivity index is 1.41. The topological polar surface area (TPSA) is 56.1 Å². The van der Waals surface area contributed by atoms with Gasteiger partial charge in [0, 0.05) is 13.1 Å². The van der Waals surface area contributed by atoms with Crippen molar-refractivity contribution in [3.05, 3.63) is 40.4 Å². The fourth-order valence-electron chi connectivity index (χ4n) is 4.42. The monoisotopic (exact) mass is 435 g/mol. The van der Waals surface area contributed by atoms with Gasteiger partial charge in [0.1, 0.15) is 17.2 Å². The Hall–Kier alpha value is -1.96. The Bertz CT molecular complexity index is 1080. The smallest absolute Gasteiger partial charge is 0.181 e. The van der Waals surface area contributed by atoms with Crippen LogP contribution in [0.4, 0.5) is 10.2 Å². The fraction of sp³-hybridized carbons (Fsp3) is 0.450. The van der Waals surface area contributed by atoms with Crippen molar-refractivity contribution in [2.45, 2.75) is 32.3 Å². The van der Waals surface area contributed by atoms with Gasteiger partial charge in [-0.25, -0.2) is 19.0 Å². The van der Waals surface area contributed by atoms with Crippen LogP contribution in [0.15, 0.2) is 24.5 Å². The number of ether oxygens (including phenoxy) is 1. The second-order valence-electron chi connectivity index (χ2n) is 8.00. The van der Waals surface area contributed by atoms with E-state index in [0.29, 0.717) is 28.4 Å². The molecule has 9 heteroatoms. The first-order valence-electron chi connectivity index (χ1n) is 9.67. The van der Waals surface area contributed by atoms with Crippen molar-refractivity contribution in [1.29, 1.82) is 0 Å². The van der Waals surface area contributed by atoms with E-state index in [1.165, 1.54) is 16.8 Å². The van der Waals surface area contributed by atoms with Crippen LogP contribution in [0.2, 0.25) is 10.0 Å². The normalized spacial score (nSPS) is 21.4. The molecule has 2 aliphatic rings. The second kappa shape index (κ2) is 7.07. The van der Waals surface area contributed by atoms with E-state index in [4.69, 9.17) is 32.9 Å². The Morgan fingerprint density at radius 2 is 1.97 bits per heavy atom. The van der Waals surface area contributed by atoms with E-state index < -0.39 is 5.82 Å². The number of halogens is 3. The predicted molar refractivity (Wildman–Crippen MR) is 111 cm³/mol. The van der Waals surface area contributed by atoms with Gasteiger partial charge in [0.2, 0.25) is 0 Å². The maximum atomic E-state index is 13.6. The summed E-state index contributed by atoms with van der Waals surface area (Å²) in [6.07, 6.45) is 7.08. The van der Waals surface area contributed by atoms with Gasteiger partial charge in [-0.2, -0.15) is 5.10 Å². The third kappa shape index (κ3) is 3.25. The zero-order valence-electron chi connectivity index (χ0n) is 15.9. The molecule has 3 aromatic rings. The van der Waals surface area contributed by atoms with Crippen LogP contribution in [0.5, 0.6) is 0 Å². The lowest BCUT2D eigenvalue weighted by molar-refractivity contribution is 0.0976. The molecular weight excluding hydrogens is 416 g/mol. The Labute approximate surface area is 177 Å². The van der Waals surface area contributed by atoms with E-state index in [2.05, 4.69) is 21.9 Å². The van der Waals surface area contributed by atoms with Crippen molar-refractivity contribution in [2.75, 3.05) is 24.6 Å². The van der Waals surface area contributed by atoms with Gasteiger partial charge in [-0.05, 0) is 43.7 Å². The number of hydrogen-bond acceptors (Lipinski definition) is 5. The first kappa shape index (κ1) is 19.0. The molecule has 0 bridgehead atoms. The second-order valence-corrected chi connectivity index (χ2v) is 8.76. The van der Waals surface area contributed by atoms with Gasteiger partial charge in [-0.1, -0.05) is 23.2 Å². The van der Waals surface area contributed by atoms with Crippen LogP contribution in [0.1, 0.15) is 26.2 Å². The summed E-state index contributed by atoms with van der Waals surface area (Å²) in [5.74, 6) is 0.261. The van der Waals surface area contributed by atoms with E-state index in [1.807, 2.05) is 0 Å². The number of hydrogen-bond donors (Lipinski definition) is 0. The summed E-state index contributed by atoms with van der Waals surface area (Å²) in [6, 6.07) is 2.79. The van der Waals surface area contributed by atoms with Crippen molar-refractivity contribution in [1.82, 2.24) is 19.7 Å². The molecule has 0 saturated carbocycles. The van der Waals surface area contributed by atoms with Crippen LogP contribution in [-0.2, 0) is 4.74 Å². The molecule has 152 valence electrons. The lowest BCUT2D eigenvalue weighted by Crippen LogP contribution is -2.41. The van der Waals surface area contributed by atoms with Crippen LogP contribution in [0.25, 0.3) is 16.9 Å². The van der Waals surface area contributed by atoms with Crippen molar-refractivity contribution in [3.8, 4) is 5.69 Å². The summed E-state index contributed by atoms with van der Waals surface area (Å²) in [5, 5.41) is 4.30. The summed E-state index contributed by atoms with van der Waals surface area (Å²) in [6.45, 7) is 4.88. The van der Waals surface area contributed by atoms with Crippen LogP contribution >= 0.6 is 23.2 Å². The molecule has 5 rings (SSSR count). The SMILES string of the molecule is C[C@H]1CC2(CCN(c3cnc4c(cnn4-c4ccc(F)c(Cl)c4Cl)n3)CC2)CO1. The molecule has 1 aromatic carbocycles. The number of fused-ring (bicyclic) bond motifs is 1. The van der Waals surface area contributed by atoms with E-state index in [1.54, 1.807) is 12.4 Å². The highest BCUT2D eigenvalue weighted by atomic mass is 35.5. The van der Waals surface area contributed by atoms with E-state index in [9.17, 15) is 4.39 Å². The summed E-state index contributed by atoms with van der Waals surface area (Å²) in [7, 11) is 0. The van der Waals surface area contributed by atoms with Gasteiger partial charge >= 0.3 is 0 Å². The standard InChI is InChI=1S/C20H20Cl2FN5O/c1-12-8-20(11-29-12)4-6-27(7-5-20)16-10-24-19-14(26-16)9-25-28(19)15-3-2-13(23)17(21)18(15)22/h2-3,9-10,12H,4-8,11H2,1H3/t12-/m0/s1. The molecule has 2 fully saturated rings. The van der Waals surface area contributed by atoms with Crippen molar-refractivity contribution >= 4 is 40.2 Å². The van der Waals surface area contributed by atoms with E-state index in [0.717, 1.165) is 44.8 Å². The number of anilines is 1. The molecule has 0 unspecified atom stereocenters. The summed E-state index contributed by atoms with van der Waals surface area (Å²) in [5.41, 5.74) is 1.98.